The number of halogens is 1. The van der Waals surface area contributed by atoms with Crippen LogP contribution in [-0.4, -0.2) is 42.6 Å². The SMILES string of the molecule is CN=C(NCCCC(=O)NC1CC1)NCCn1cccc1.I. The molecule has 124 valence electrons. The van der Waals surface area contributed by atoms with Gasteiger partial charge in [-0.1, -0.05) is 0 Å². The molecule has 7 heteroatoms. The van der Waals surface area contributed by atoms with Gasteiger partial charge in [-0.2, -0.15) is 0 Å². The van der Waals surface area contributed by atoms with Crippen LogP contribution in [0.3, 0.4) is 0 Å². The van der Waals surface area contributed by atoms with Crippen molar-refractivity contribution in [3.63, 3.8) is 0 Å². The zero-order chi connectivity index (χ0) is 14.9. The number of aliphatic imine (C=N–C) groups is 1. The molecular formula is C15H26IN5O. The number of amides is 1. The third-order valence-electron chi connectivity index (χ3n) is 3.37. The Morgan fingerprint density at radius 3 is 2.55 bits per heavy atom. The Labute approximate surface area is 149 Å². The molecule has 0 aliphatic heterocycles. The maximum atomic E-state index is 11.5. The second kappa shape index (κ2) is 10.5. The minimum absolute atomic E-state index is 0. The number of carbonyl (C=O) groups is 1. The van der Waals surface area contributed by atoms with E-state index in [1.54, 1.807) is 7.05 Å². The minimum atomic E-state index is 0. The fourth-order valence-corrected chi connectivity index (χ4v) is 2.03. The van der Waals surface area contributed by atoms with Gasteiger partial charge < -0.3 is 20.5 Å². The van der Waals surface area contributed by atoms with E-state index in [1.807, 2.05) is 24.5 Å². The van der Waals surface area contributed by atoms with Crippen LogP contribution in [0.15, 0.2) is 29.5 Å². The highest BCUT2D eigenvalue weighted by Crippen LogP contribution is 2.18. The van der Waals surface area contributed by atoms with E-state index in [2.05, 4.69) is 25.5 Å². The Hall–Kier alpha value is -1.25. The molecule has 1 aliphatic rings. The molecule has 2 rings (SSSR count). The van der Waals surface area contributed by atoms with Crippen LogP contribution in [0.4, 0.5) is 0 Å². The number of hydrogen-bond donors (Lipinski definition) is 3. The predicted molar refractivity (Wildman–Crippen MR) is 99.6 cm³/mol. The first kappa shape index (κ1) is 18.8. The van der Waals surface area contributed by atoms with Crippen molar-refractivity contribution < 1.29 is 4.79 Å². The van der Waals surface area contributed by atoms with Crippen LogP contribution < -0.4 is 16.0 Å². The predicted octanol–water partition coefficient (Wildman–Crippen LogP) is 1.33. The van der Waals surface area contributed by atoms with Crippen LogP contribution in [0.1, 0.15) is 25.7 Å². The normalized spacial score (nSPS) is 14.1. The van der Waals surface area contributed by atoms with Crippen molar-refractivity contribution in [2.24, 2.45) is 4.99 Å². The van der Waals surface area contributed by atoms with E-state index in [-0.39, 0.29) is 29.9 Å². The van der Waals surface area contributed by atoms with Gasteiger partial charge in [-0.05, 0) is 31.4 Å². The van der Waals surface area contributed by atoms with E-state index in [0.29, 0.717) is 12.5 Å². The van der Waals surface area contributed by atoms with Crippen molar-refractivity contribution >= 4 is 35.8 Å². The number of aromatic nitrogens is 1. The van der Waals surface area contributed by atoms with Gasteiger partial charge in [-0.15, -0.1) is 24.0 Å². The first-order valence-electron chi connectivity index (χ1n) is 7.62. The molecule has 1 aliphatic carbocycles. The average molecular weight is 419 g/mol. The molecule has 0 bridgehead atoms. The van der Waals surface area contributed by atoms with E-state index in [4.69, 9.17) is 0 Å². The molecule has 3 N–H and O–H groups in total. The highest BCUT2D eigenvalue weighted by Gasteiger charge is 2.22. The molecule has 1 fully saturated rings. The van der Waals surface area contributed by atoms with Crippen molar-refractivity contribution in [3.05, 3.63) is 24.5 Å². The van der Waals surface area contributed by atoms with E-state index in [0.717, 1.165) is 44.9 Å². The van der Waals surface area contributed by atoms with Gasteiger partial charge in [-0.3, -0.25) is 9.79 Å². The first-order valence-corrected chi connectivity index (χ1v) is 7.62. The van der Waals surface area contributed by atoms with Gasteiger partial charge in [0.05, 0.1) is 0 Å². The lowest BCUT2D eigenvalue weighted by Crippen LogP contribution is -2.39. The van der Waals surface area contributed by atoms with Gasteiger partial charge in [0.1, 0.15) is 0 Å². The minimum Gasteiger partial charge on any atom is -0.356 e. The molecule has 6 nitrogen and oxygen atoms in total. The largest absolute Gasteiger partial charge is 0.356 e. The lowest BCUT2D eigenvalue weighted by molar-refractivity contribution is -0.121. The molecule has 1 aromatic rings. The van der Waals surface area contributed by atoms with Crippen molar-refractivity contribution in [2.75, 3.05) is 20.1 Å². The first-order chi connectivity index (χ1) is 10.3. The lowest BCUT2D eigenvalue weighted by Gasteiger charge is -2.12. The van der Waals surface area contributed by atoms with Crippen molar-refractivity contribution in [3.8, 4) is 0 Å². The maximum Gasteiger partial charge on any atom is 0.220 e. The Kier molecular flexibility index (Phi) is 8.95. The fraction of sp³-hybridized carbons (Fsp3) is 0.600. The average Bonchev–Trinajstić information content (AvgIpc) is 3.14. The molecule has 0 aromatic carbocycles. The molecule has 1 amide bonds. The summed E-state index contributed by atoms with van der Waals surface area (Å²) < 4.78 is 2.11. The highest BCUT2D eigenvalue weighted by atomic mass is 127. The van der Waals surface area contributed by atoms with Crippen LogP contribution in [0.2, 0.25) is 0 Å². The van der Waals surface area contributed by atoms with Gasteiger partial charge in [-0.25, -0.2) is 0 Å². The third-order valence-corrected chi connectivity index (χ3v) is 3.37. The Bertz CT molecular complexity index is 457. The van der Waals surface area contributed by atoms with Gasteiger partial charge in [0.15, 0.2) is 5.96 Å². The maximum absolute atomic E-state index is 11.5. The molecule has 0 atom stereocenters. The van der Waals surface area contributed by atoms with Gasteiger partial charge in [0, 0.05) is 51.5 Å². The molecule has 22 heavy (non-hydrogen) atoms. The van der Waals surface area contributed by atoms with Gasteiger partial charge in [0.25, 0.3) is 0 Å². The van der Waals surface area contributed by atoms with Crippen molar-refractivity contribution in [2.45, 2.75) is 38.3 Å². The lowest BCUT2D eigenvalue weighted by atomic mass is 10.3. The molecular weight excluding hydrogens is 393 g/mol. The van der Waals surface area contributed by atoms with Crippen molar-refractivity contribution in [1.29, 1.82) is 0 Å². The Morgan fingerprint density at radius 1 is 1.23 bits per heavy atom. The Morgan fingerprint density at radius 2 is 1.91 bits per heavy atom. The summed E-state index contributed by atoms with van der Waals surface area (Å²) in [6.45, 7) is 2.47. The zero-order valence-corrected chi connectivity index (χ0v) is 15.4. The molecule has 0 saturated heterocycles. The molecule has 0 unspecified atom stereocenters. The number of carbonyl (C=O) groups excluding carboxylic acids is 1. The Balaban J connectivity index is 0.00000242. The topological polar surface area (TPSA) is 70.4 Å². The van der Waals surface area contributed by atoms with Crippen LogP contribution >= 0.6 is 24.0 Å². The monoisotopic (exact) mass is 419 g/mol. The van der Waals surface area contributed by atoms with E-state index in [1.165, 1.54) is 0 Å². The van der Waals surface area contributed by atoms with Crippen LogP contribution in [0, 0.1) is 0 Å². The fourth-order valence-electron chi connectivity index (χ4n) is 2.03. The van der Waals surface area contributed by atoms with Crippen LogP contribution in [0.25, 0.3) is 0 Å². The van der Waals surface area contributed by atoms with E-state index >= 15 is 0 Å². The second-order valence-corrected chi connectivity index (χ2v) is 5.29. The standard InChI is InChI=1S/C15H25N5O.HI/c1-16-15(18-9-12-20-10-2-3-11-20)17-8-4-5-14(21)19-13-6-7-13;/h2-3,10-11,13H,4-9,12H2,1H3,(H,19,21)(H2,16,17,18);1H. The second-order valence-electron chi connectivity index (χ2n) is 5.29. The van der Waals surface area contributed by atoms with E-state index in [9.17, 15) is 4.79 Å². The quantitative estimate of drug-likeness (QED) is 0.258. The third kappa shape index (κ3) is 7.67. The number of nitrogens with zero attached hydrogens (tertiary/aromatic N) is 2. The highest BCUT2D eigenvalue weighted by molar-refractivity contribution is 14.0. The summed E-state index contributed by atoms with van der Waals surface area (Å²) in [5.74, 6) is 0.944. The summed E-state index contributed by atoms with van der Waals surface area (Å²) in [5, 5.41) is 9.47. The number of nitrogens with one attached hydrogen (secondary N) is 3. The zero-order valence-electron chi connectivity index (χ0n) is 13.0. The summed E-state index contributed by atoms with van der Waals surface area (Å²) in [6, 6.07) is 4.48. The van der Waals surface area contributed by atoms with Crippen molar-refractivity contribution in [1.82, 2.24) is 20.5 Å². The summed E-state index contributed by atoms with van der Waals surface area (Å²) in [4.78, 5) is 15.7. The smallest absolute Gasteiger partial charge is 0.220 e. The van der Waals surface area contributed by atoms with Gasteiger partial charge >= 0.3 is 0 Å². The number of guanidine groups is 1. The van der Waals surface area contributed by atoms with Crippen LogP contribution in [0.5, 0.6) is 0 Å². The summed E-state index contributed by atoms with van der Waals surface area (Å²) in [6.07, 6.45) is 7.75. The van der Waals surface area contributed by atoms with Crippen LogP contribution in [-0.2, 0) is 11.3 Å². The number of rotatable bonds is 8. The number of hydrogen-bond acceptors (Lipinski definition) is 2. The molecule has 1 aromatic heterocycles. The summed E-state index contributed by atoms with van der Waals surface area (Å²) in [5.41, 5.74) is 0. The molecule has 0 radical (unpaired) electrons. The molecule has 1 saturated carbocycles. The van der Waals surface area contributed by atoms with Gasteiger partial charge in [0.2, 0.25) is 5.91 Å². The summed E-state index contributed by atoms with van der Waals surface area (Å²) >= 11 is 0. The summed E-state index contributed by atoms with van der Waals surface area (Å²) in [7, 11) is 1.75. The van der Waals surface area contributed by atoms with E-state index < -0.39 is 0 Å². The molecule has 0 spiro atoms. The molecule has 1 heterocycles.